The lowest BCUT2D eigenvalue weighted by molar-refractivity contribution is -0.126. The van der Waals surface area contributed by atoms with Crippen LogP contribution in [0.4, 0.5) is 15.8 Å². The fourth-order valence-electron chi connectivity index (χ4n) is 4.23. The molecule has 5 rings (SSSR count). The van der Waals surface area contributed by atoms with E-state index in [2.05, 4.69) is 0 Å². The lowest BCUT2D eigenvalue weighted by Gasteiger charge is -2.28. The molecule has 150 valence electrons. The van der Waals surface area contributed by atoms with E-state index in [1.54, 1.807) is 29.3 Å². The first-order valence-electron chi connectivity index (χ1n) is 9.75. The van der Waals surface area contributed by atoms with E-state index >= 15 is 0 Å². The fraction of sp³-hybridized carbons (Fsp3) is 0.167. The molecule has 0 bridgehead atoms. The highest BCUT2D eigenvalue weighted by molar-refractivity contribution is 6.23. The molecule has 30 heavy (non-hydrogen) atoms. The SMILES string of the molecule is Cc1cccc(N2C(=O)C3ON(c4ccccc4)C(c4ccc(F)cc4)C3C2=O)c1. The first kappa shape index (κ1) is 18.5. The molecule has 2 fully saturated rings. The quantitative estimate of drug-likeness (QED) is 0.617. The third-order valence-corrected chi connectivity index (χ3v) is 5.60. The minimum absolute atomic E-state index is 0.316. The summed E-state index contributed by atoms with van der Waals surface area (Å²) in [5.74, 6) is -1.80. The maximum absolute atomic E-state index is 13.5. The van der Waals surface area contributed by atoms with Crippen molar-refractivity contribution in [1.82, 2.24) is 0 Å². The molecule has 5 nitrogen and oxygen atoms in total. The van der Waals surface area contributed by atoms with Crippen LogP contribution >= 0.6 is 0 Å². The van der Waals surface area contributed by atoms with Gasteiger partial charge in [-0.25, -0.2) is 14.4 Å². The molecular formula is C24H19FN2O3. The number of aryl methyl sites for hydroxylation is 1. The predicted octanol–water partition coefficient (Wildman–Crippen LogP) is 4.19. The summed E-state index contributed by atoms with van der Waals surface area (Å²) in [5.41, 5.74) is 2.92. The Balaban J connectivity index is 1.59. The van der Waals surface area contributed by atoms with Crippen LogP contribution in [0.3, 0.4) is 0 Å². The number of imide groups is 1. The largest absolute Gasteiger partial charge is 0.273 e. The molecule has 2 saturated heterocycles. The van der Waals surface area contributed by atoms with E-state index in [9.17, 15) is 14.0 Å². The van der Waals surface area contributed by atoms with Crippen LogP contribution in [0.15, 0.2) is 78.9 Å². The van der Waals surface area contributed by atoms with E-state index < -0.39 is 18.1 Å². The minimum Gasteiger partial charge on any atom is -0.273 e. The number of para-hydroxylation sites is 1. The standard InChI is InChI=1S/C24H19FN2O3/c1-15-6-5-9-19(14-15)26-23(28)20-21(16-10-12-17(25)13-11-16)27(30-22(20)24(26)29)18-7-3-2-4-8-18/h2-14,20-22H,1H3. The Morgan fingerprint density at radius 2 is 1.53 bits per heavy atom. The molecule has 0 saturated carbocycles. The third kappa shape index (κ3) is 2.88. The van der Waals surface area contributed by atoms with Gasteiger partial charge in [-0.3, -0.25) is 14.4 Å². The van der Waals surface area contributed by atoms with Crippen molar-refractivity contribution in [2.75, 3.05) is 9.96 Å². The average Bonchev–Trinajstić information content (AvgIpc) is 3.26. The van der Waals surface area contributed by atoms with Crippen LogP contribution in [0.25, 0.3) is 0 Å². The molecule has 2 heterocycles. The zero-order valence-electron chi connectivity index (χ0n) is 16.2. The molecule has 3 unspecified atom stereocenters. The molecule has 0 aromatic heterocycles. The van der Waals surface area contributed by atoms with Crippen LogP contribution < -0.4 is 9.96 Å². The van der Waals surface area contributed by atoms with Gasteiger partial charge in [-0.2, -0.15) is 0 Å². The van der Waals surface area contributed by atoms with Crippen molar-refractivity contribution in [3.8, 4) is 0 Å². The Morgan fingerprint density at radius 1 is 0.833 bits per heavy atom. The Labute approximate surface area is 173 Å². The van der Waals surface area contributed by atoms with E-state index in [0.717, 1.165) is 11.3 Å². The number of amides is 2. The summed E-state index contributed by atoms with van der Waals surface area (Å²) in [6.07, 6.45) is -0.937. The summed E-state index contributed by atoms with van der Waals surface area (Å²) < 4.78 is 13.5. The van der Waals surface area contributed by atoms with Gasteiger partial charge < -0.3 is 0 Å². The van der Waals surface area contributed by atoms with Gasteiger partial charge in [0.2, 0.25) is 5.91 Å². The Bertz CT molecular complexity index is 1120. The molecule has 3 atom stereocenters. The third-order valence-electron chi connectivity index (χ3n) is 5.60. The molecule has 2 aliphatic rings. The summed E-state index contributed by atoms with van der Waals surface area (Å²) >= 11 is 0. The van der Waals surface area contributed by atoms with E-state index in [1.807, 2.05) is 49.4 Å². The Hall–Kier alpha value is -3.51. The second-order valence-electron chi connectivity index (χ2n) is 7.56. The summed E-state index contributed by atoms with van der Waals surface area (Å²) in [5, 5.41) is 1.60. The minimum atomic E-state index is -0.937. The van der Waals surface area contributed by atoms with Crippen molar-refractivity contribution in [2.45, 2.75) is 19.1 Å². The monoisotopic (exact) mass is 402 g/mol. The highest BCUT2D eigenvalue weighted by atomic mass is 19.1. The maximum atomic E-state index is 13.5. The Morgan fingerprint density at radius 3 is 2.23 bits per heavy atom. The van der Waals surface area contributed by atoms with Gasteiger partial charge in [0.05, 0.1) is 17.4 Å². The van der Waals surface area contributed by atoms with Gasteiger partial charge in [-0.1, -0.05) is 42.5 Å². The second kappa shape index (κ2) is 7.07. The normalized spacial score (nSPS) is 23.2. The number of rotatable bonds is 3. The zero-order chi connectivity index (χ0) is 20.8. The lowest BCUT2D eigenvalue weighted by atomic mass is 9.90. The topological polar surface area (TPSA) is 49.9 Å². The van der Waals surface area contributed by atoms with E-state index in [4.69, 9.17) is 4.84 Å². The summed E-state index contributed by atoms with van der Waals surface area (Å²) in [6, 6.07) is 22.0. The van der Waals surface area contributed by atoms with Crippen LogP contribution in [0.1, 0.15) is 17.2 Å². The molecule has 0 N–H and O–H groups in total. The van der Waals surface area contributed by atoms with E-state index in [-0.39, 0.29) is 17.6 Å². The van der Waals surface area contributed by atoms with Gasteiger partial charge in [0.25, 0.3) is 5.91 Å². The van der Waals surface area contributed by atoms with Crippen molar-refractivity contribution < 1.29 is 18.8 Å². The molecule has 2 aliphatic heterocycles. The smallest absolute Gasteiger partial charge is 0.266 e. The highest BCUT2D eigenvalue weighted by Crippen LogP contribution is 2.47. The molecule has 0 radical (unpaired) electrons. The summed E-state index contributed by atoms with van der Waals surface area (Å²) in [7, 11) is 0. The number of carbonyl (C=O) groups is 2. The van der Waals surface area contributed by atoms with Crippen molar-refractivity contribution in [1.29, 1.82) is 0 Å². The number of hydroxylamine groups is 1. The lowest BCUT2D eigenvalue weighted by Crippen LogP contribution is -2.37. The van der Waals surface area contributed by atoms with E-state index in [1.165, 1.54) is 17.0 Å². The number of carbonyl (C=O) groups excluding carboxylic acids is 2. The molecule has 3 aromatic rings. The van der Waals surface area contributed by atoms with Gasteiger partial charge in [0.15, 0.2) is 6.10 Å². The van der Waals surface area contributed by atoms with Gasteiger partial charge in [-0.05, 0) is 54.4 Å². The molecule has 3 aromatic carbocycles. The number of fused-ring (bicyclic) bond motifs is 1. The molecule has 2 amide bonds. The average molecular weight is 402 g/mol. The van der Waals surface area contributed by atoms with Crippen LogP contribution in [-0.2, 0) is 14.4 Å². The van der Waals surface area contributed by atoms with Gasteiger partial charge in [0.1, 0.15) is 11.7 Å². The van der Waals surface area contributed by atoms with Crippen molar-refractivity contribution in [3.05, 3.63) is 95.8 Å². The second-order valence-corrected chi connectivity index (χ2v) is 7.56. The number of hydrogen-bond acceptors (Lipinski definition) is 4. The highest BCUT2D eigenvalue weighted by Gasteiger charge is 2.60. The molecule has 0 aliphatic carbocycles. The van der Waals surface area contributed by atoms with Crippen molar-refractivity contribution in [3.63, 3.8) is 0 Å². The maximum Gasteiger partial charge on any atom is 0.266 e. The first-order chi connectivity index (χ1) is 14.5. The molecule has 0 spiro atoms. The van der Waals surface area contributed by atoms with Gasteiger partial charge in [-0.15, -0.1) is 0 Å². The molecular weight excluding hydrogens is 383 g/mol. The van der Waals surface area contributed by atoms with Gasteiger partial charge >= 0.3 is 0 Å². The van der Waals surface area contributed by atoms with Crippen LogP contribution in [0.5, 0.6) is 0 Å². The number of nitrogens with zero attached hydrogens (tertiary/aromatic N) is 2. The fourth-order valence-corrected chi connectivity index (χ4v) is 4.23. The predicted molar refractivity (Wildman–Crippen MR) is 110 cm³/mol. The number of anilines is 2. The summed E-state index contributed by atoms with van der Waals surface area (Å²) in [4.78, 5) is 33.9. The number of halogens is 1. The zero-order valence-corrected chi connectivity index (χ0v) is 16.2. The van der Waals surface area contributed by atoms with Crippen LogP contribution in [-0.4, -0.2) is 17.9 Å². The van der Waals surface area contributed by atoms with E-state index in [0.29, 0.717) is 11.3 Å². The molecule has 6 heteroatoms. The van der Waals surface area contributed by atoms with Gasteiger partial charge in [0, 0.05) is 0 Å². The first-order valence-corrected chi connectivity index (χ1v) is 9.75. The van der Waals surface area contributed by atoms with Crippen molar-refractivity contribution in [2.24, 2.45) is 5.92 Å². The van der Waals surface area contributed by atoms with Crippen molar-refractivity contribution >= 4 is 23.2 Å². The summed E-state index contributed by atoms with van der Waals surface area (Å²) in [6.45, 7) is 1.91. The number of hydrogen-bond donors (Lipinski definition) is 0. The van der Waals surface area contributed by atoms with Crippen LogP contribution in [0.2, 0.25) is 0 Å². The number of benzene rings is 3. The van der Waals surface area contributed by atoms with Crippen LogP contribution in [0, 0.1) is 18.7 Å². The Kier molecular flexibility index (Phi) is 4.37.